The van der Waals surface area contributed by atoms with Crippen LogP contribution in [0.5, 0.6) is 5.75 Å². The molecule has 6 nitrogen and oxygen atoms in total. The molecule has 1 aliphatic rings. The minimum atomic E-state index is -3.59. The van der Waals surface area contributed by atoms with Crippen molar-refractivity contribution in [3.63, 3.8) is 0 Å². The third kappa shape index (κ3) is 5.97. The normalized spacial score (nSPS) is 14.9. The lowest BCUT2D eigenvalue weighted by molar-refractivity contribution is -0.133. The summed E-state index contributed by atoms with van der Waals surface area (Å²) >= 11 is 6.11. The molecule has 1 aliphatic heterocycles. The van der Waals surface area contributed by atoms with Gasteiger partial charge < -0.3 is 10.0 Å². The van der Waals surface area contributed by atoms with E-state index in [1.54, 1.807) is 17.0 Å². The fourth-order valence-electron chi connectivity index (χ4n) is 3.59. The first-order valence-corrected chi connectivity index (χ1v) is 12.1. The number of aromatic hydroxyl groups is 1. The summed E-state index contributed by atoms with van der Waals surface area (Å²) in [5.74, 6) is -0.148. The first-order valence-electron chi connectivity index (χ1n) is 10.1. The van der Waals surface area contributed by atoms with Gasteiger partial charge in [0.2, 0.25) is 15.9 Å². The zero-order valence-corrected chi connectivity index (χ0v) is 18.5. The minimum absolute atomic E-state index is 0.0126. The Morgan fingerprint density at radius 3 is 2.63 bits per heavy atom. The van der Waals surface area contributed by atoms with Crippen LogP contribution in [0.1, 0.15) is 36.5 Å². The standard InChI is InChI=1S/C22H27ClN2O4S/c1-2-3-12-30(28,29)24-21(13-16-4-8-20(26)9-5-16)22(27)25-11-10-17-6-7-19(23)14-18(17)15-25/h4-9,14,21,24,26H,2-3,10-13,15H2,1H3/t21-/m0/s1. The van der Waals surface area contributed by atoms with E-state index in [4.69, 9.17) is 11.6 Å². The number of nitrogens with zero attached hydrogens (tertiary/aromatic N) is 1. The maximum absolute atomic E-state index is 13.3. The number of benzene rings is 2. The van der Waals surface area contributed by atoms with Crippen LogP contribution in [0.3, 0.4) is 0 Å². The molecule has 0 saturated carbocycles. The predicted octanol–water partition coefficient (Wildman–Crippen LogP) is 3.26. The molecule has 1 amide bonds. The summed E-state index contributed by atoms with van der Waals surface area (Å²) in [4.78, 5) is 15.0. The monoisotopic (exact) mass is 450 g/mol. The number of fused-ring (bicyclic) bond motifs is 1. The summed E-state index contributed by atoms with van der Waals surface area (Å²) in [7, 11) is -3.59. The van der Waals surface area contributed by atoms with Crippen molar-refractivity contribution >= 4 is 27.5 Å². The van der Waals surface area contributed by atoms with Crippen molar-refractivity contribution in [2.45, 2.75) is 45.2 Å². The second-order valence-corrected chi connectivity index (χ2v) is 9.95. The molecule has 2 N–H and O–H groups in total. The molecule has 0 bridgehead atoms. The molecule has 0 radical (unpaired) electrons. The molecule has 8 heteroatoms. The van der Waals surface area contributed by atoms with E-state index < -0.39 is 16.1 Å². The molecule has 0 spiro atoms. The maximum Gasteiger partial charge on any atom is 0.241 e. The minimum Gasteiger partial charge on any atom is -0.508 e. The van der Waals surface area contributed by atoms with Crippen molar-refractivity contribution in [1.82, 2.24) is 9.62 Å². The topological polar surface area (TPSA) is 86.7 Å². The molecule has 3 rings (SSSR count). The Balaban J connectivity index is 1.81. The van der Waals surface area contributed by atoms with Gasteiger partial charge in [-0.3, -0.25) is 4.79 Å². The van der Waals surface area contributed by atoms with Gasteiger partial charge in [-0.05, 0) is 60.2 Å². The first-order chi connectivity index (χ1) is 14.3. The smallest absolute Gasteiger partial charge is 0.241 e. The molecule has 162 valence electrons. The summed E-state index contributed by atoms with van der Waals surface area (Å²) in [6.45, 7) is 2.85. The zero-order valence-electron chi connectivity index (χ0n) is 17.0. The van der Waals surface area contributed by atoms with Gasteiger partial charge in [0.1, 0.15) is 11.8 Å². The van der Waals surface area contributed by atoms with Crippen LogP contribution in [-0.4, -0.2) is 42.7 Å². The van der Waals surface area contributed by atoms with Gasteiger partial charge in [0, 0.05) is 18.1 Å². The lowest BCUT2D eigenvalue weighted by Gasteiger charge is -2.32. The molecule has 1 heterocycles. The fourth-order valence-corrected chi connectivity index (χ4v) is 5.19. The van der Waals surface area contributed by atoms with E-state index in [-0.39, 0.29) is 23.8 Å². The third-order valence-electron chi connectivity index (χ3n) is 5.25. The summed E-state index contributed by atoms with van der Waals surface area (Å²) in [5, 5.41) is 10.1. The second-order valence-electron chi connectivity index (χ2n) is 7.64. The van der Waals surface area contributed by atoms with E-state index in [0.717, 1.165) is 23.1 Å². The molecule has 0 aliphatic carbocycles. The highest BCUT2D eigenvalue weighted by molar-refractivity contribution is 7.89. The molecular weight excluding hydrogens is 424 g/mol. The Hall–Kier alpha value is -2.09. The van der Waals surface area contributed by atoms with E-state index in [1.807, 2.05) is 25.1 Å². The van der Waals surface area contributed by atoms with Crippen molar-refractivity contribution in [2.24, 2.45) is 0 Å². The van der Waals surface area contributed by atoms with Gasteiger partial charge in [-0.2, -0.15) is 0 Å². The SMILES string of the molecule is CCCCS(=O)(=O)N[C@@H](Cc1ccc(O)cc1)C(=O)N1CCc2ccc(Cl)cc2C1. The molecular formula is C22H27ClN2O4S. The largest absolute Gasteiger partial charge is 0.508 e. The summed E-state index contributed by atoms with van der Waals surface area (Å²) < 4.78 is 27.7. The zero-order chi connectivity index (χ0) is 21.7. The lowest BCUT2D eigenvalue weighted by Crippen LogP contribution is -2.51. The number of sulfonamides is 1. The first kappa shape index (κ1) is 22.6. The molecule has 0 aromatic heterocycles. The Labute approximate surface area is 182 Å². The van der Waals surface area contributed by atoms with Crippen LogP contribution < -0.4 is 4.72 Å². The van der Waals surface area contributed by atoms with Gasteiger partial charge in [-0.1, -0.05) is 43.1 Å². The van der Waals surface area contributed by atoms with Gasteiger partial charge in [-0.15, -0.1) is 0 Å². The Bertz CT molecular complexity index is 993. The van der Waals surface area contributed by atoms with Crippen LogP contribution in [0.25, 0.3) is 0 Å². The van der Waals surface area contributed by atoms with E-state index in [1.165, 1.54) is 12.1 Å². The number of unbranched alkanes of at least 4 members (excludes halogenated alkanes) is 1. The van der Waals surface area contributed by atoms with Gasteiger partial charge in [0.25, 0.3) is 0 Å². The number of carbonyl (C=O) groups is 1. The Kier molecular flexibility index (Phi) is 7.39. The number of hydrogen-bond acceptors (Lipinski definition) is 4. The molecule has 2 aromatic rings. The van der Waals surface area contributed by atoms with Crippen LogP contribution in [-0.2, 0) is 34.2 Å². The van der Waals surface area contributed by atoms with E-state index >= 15 is 0 Å². The van der Waals surface area contributed by atoms with Crippen molar-refractivity contribution in [3.8, 4) is 5.75 Å². The van der Waals surface area contributed by atoms with Crippen LogP contribution >= 0.6 is 11.6 Å². The summed E-state index contributed by atoms with van der Waals surface area (Å²) in [6.07, 6.45) is 2.20. The second kappa shape index (κ2) is 9.81. The number of rotatable bonds is 8. The number of amides is 1. The fraction of sp³-hybridized carbons (Fsp3) is 0.409. The summed E-state index contributed by atoms with van der Waals surface area (Å²) in [6, 6.07) is 11.2. The number of nitrogens with one attached hydrogen (secondary N) is 1. The van der Waals surface area contributed by atoms with Gasteiger partial charge >= 0.3 is 0 Å². The maximum atomic E-state index is 13.3. The molecule has 0 fully saturated rings. The number of carbonyl (C=O) groups excluding carboxylic acids is 1. The lowest BCUT2D eigenvalue weighted by atomic mass is 9.98. The summed E-state index contributed by atoms with van der Waals surface area (Å²) in [5.41, 5.74) is 2.91. The van der Waals surface area contributed by atoms with Gasteiger partial charge in [0.05, 0.1) is 5.75 Å². The molecule has 0 saturated heterocycles. The van der Waals surface area contributed by atoms with Crippen LogP contribution in [0.2, 0.25) is 5.02 Å². The van der Waals surface area contributed by atoms with E-state index in [2.05, 4.69) is 4.72 Å². The van der Waals surface area contributed by atoms with Gasteiger partial charge in [0.15, 0.2) is 0 Å². The highest BCUT2D eigenvalue weighted by Crippen LogP contribution is 2.24. The average Bonchev–Trinajstić information content (AvgIpc) is 2.72. The Morgan fingerprint density at radius 1 is 1.20 bits per heavy atom. The number of halogens is 1. The highest BCUT2D eigenvalue weighted by Gasteiger charge is 2.30. The Morgan fingerprint density at radius 2 is 1.93 bits per heavy atom. The van der Waals surface area contributed by atoms with Gasteiger partial charge in [-0.25, -0.2) is 13.1 Å². The third-order valence-corrected chi connectivity index (χ3v) is 6.96. The predicted molar refractivity (Wildman–Crippen MR) is 118 cm³/mol. The molecule has 30 heavy (non-hydrogen) atoms. The van der Waals surface area contributed by atoms with Crippen molar-refractivity contribution < 1.29 is 18.3 Å². The number of phenolic OH excluding ortho intramolecular Hbond substituents is 1. The van der Waals surface area contributed by atoms with E-state index in [9.17, 15) is 18.3 Å². The average molecular weight is 451 g/mol. The van der Waals surface area contributed by atoms with Crippen LogP contribution in [0.4, 0.5) is 0 Å². The quantitative estimate of drug-likeness (QED) is 0.646. The van der Waals surface area contributed by atoms with Crippen molar-refractivity contribution in [2.75, 3.05) is 12.3 Å². The molecule has 0 unspecified atom stereocenters. The van der Waals surface area contributed by atoms with E-state index in [0.29, 0.717) is 31.0 Å². The van der Waals surface area contributed by atoms with Crippen LogP contribution in [0.15, 0.2) is 42.5 Å². The highest BCUT2D eigenvalue weighted by atomic mass is 35.5. The van der Waals surface area contributed by atoms with Crippen LogP contribution in [0, 0.1) is 0 Å². The van der Waals surface area contributed by atoms with Crippen molar-refractivity contribution in [1.29, 1.82) is 0 Å². The number of hydrogen-bond donors (Lipinski definition) is 2. The molecule has 1 atom stereocenters. The number of phenols is 1. The van der Waals surface area contributed by atoms with Crippen molar-refractivity contribution in [3.05, 3.63) is 64.2 Å². The molecule has 2 aromatic carbocycles.